The van der Waals surface area contributed by atoms with Crippen molar-refractivity contribution in [2.45, 2.75) is 46.1 Å². The first kappa shape index (κ1) is 13.9. The molecule has 1 aromatic rings. The fraction of sp³-hybridized carbons (Fsp3) is 0.588. The van der Waals surface area contributed by atoms with E-state index >= 15 is 0 Å². The molecular formula is C17H21BrN2. The van der Waals surface area contributed by atoms with E-state index in [1.807, 2.05) is 18.2 Å². The highest BCUT2D eigenvalue weighted by molar-refractivity contribution is 9.10. The molecule has 20 heavy (non-hydrogen) atoms. The Morgan fingerprint density at radius 3 is 2.65 bits per heavy atom. The van der Waals surface area contributed by atoms with Crippen molar-refractivity contribution in [3.05, 3.63) is 28.2 Å². The minimum Gasteiger partial charge on any atom is -0.381 e. The summed E-state index contributed by atoms with van der Waals surface area (Å²) < 4.78 is 0.871. The standard InChI is InChI=1S/C17H21BrN2/c1-16(2)12-6-7-17(3,9-12)15(16)20-13-5-4-11(10-19)14(18)8-13/h4-5,8,12,15,20H,6-7,9H2,1-3H3. The molecule has 3 rings (SSSR count). The Morgan fingerprint density at radius 2 is 2.10 bits per heavy atom. The highest BCUT2D eigenvalue weighted by Crippen LogP contribution is 2.63. The molecule has 2 bridgehead atoms. The molecule has 3 heteroatoms. The summed E-state index contributed by atoms with van der Waals surface area (Å²) in [5.74, 6) is 0.840. The average Bonchev–Trinajstić information content (AvgIpc) is 2.86. The molecule has 0 heterocycles. The van der Waals surface area contributed by atoms with Crippen LogP contribution in [0.15, 0.2) is 22.7 Å². The monoisotopic (exact) mass is 332 g/mol. The number of halogens is 1. The molecule has 2 saturated carbocycles. The Bertz CT molecular complexity index is 582. The highest BCUT2D eigenvalue weighted by atomic mass is 79.9. The summed E-state index contributed by atoms with van der Waals surface area (Å²) in [5, 5.41) is 12.8. The van der Waals surface area contributed by atoms with Crippen LogP contribution in [0.5, 0.6) is 0 Å². The van der Waals surface area contributed by atoms with Gasteiger partial charge in [0, 0.05) is 16.2 Å². The Kier molecular flexibility index (Phi) is 3.14. The zero-order valence-electron chi connectivity index (χ0n) is 12.3. The predicted octanol–water partition coefficient (Wildman–Crippen LogP) is 4.95. The Morgan fingerprint density at radius 1 is 1.35 bits per heavy atom. The molecule has 0 aromatic heterocycles. The number of nitriles is 1. The topological polar surface area (TPSA) is 35.8 Å². The van der Waals surface area contributed by atoms with E-state index in [1.165, 1.54) is 19.3 Å². The second-order valence-corrected chi connectivity index (χ2v) is 8.15. The maximum absolute atomic E-state index is 9.00. The lowest BCUT2D eigenvalue weighted by molar-refractivity contribution is 0.155. The Balaban J connectivity index is 1.88. The summed E-state index contributed by atoms with van der Waals surface area (Å²) in [6, 6.07) is 8.64. The first-order valence-electron chi connectivity index (χ1n) is 7.33. The molecule has 0 amide bonds. The zero-order chi connectivity index (χ0) is 14.5. The van der Waals surface area contributed by atoms with Crippen molar-refractivity contribution < 1.29 is 0 Å². The SMILES string of the molecule is CC12CCC(C1)C(C)(C)C2Nc1ccc(C#N)c(Br)c1. The minimum absolute atomic E-state index is 0.341. The van der Waals surface area contributed by atoms with Gasteiger partial charge in [-0.2, -0.15) is 5.26 Å². The van der Waals surface area contributed by atoms with Gasteiger partial charge in [-0.15, -0.1) is 0 Å². The summed E-state index contributed by atoms with van der Waals surface area (Å²) in [6.45, 7) is 7.23. The number of anilines is 1. The largest absolute Gasteiger partial charge is 0.381 e. The number of nitrogens with zero attached hydrogens (tertiary/aromatic N) is 1. The Labute approximate surface area is 129 Å². The molecular weight excluding hydrogens is 312 g/mol. The van der Waals surface area contributed by atoms with Gasteiger partial charge in [-0.05, 0) is 70.1 Å². The normalized spacial score (nSPS) is 34.0. The van der Waals surface area contributed by atoms with Crippen LogP contribution in [0.1, 0.15) is 45.6 Å². The summed E-state index contributed by atoms with van der Waals surface area (Å²) in [5.41, 5.74) is 2.55. The molecule has 2 aliphatic rings. The van der Waals surface area contributed by atoms with Crippen LogP contribution in [-0.4, -0.2) is 6.04 Å². The van der Waals surface area contributed by atoms with E-state index in [4.69, 9.17) is 5.26 Å². The van der Waals surface area contributed by atoms with Gasteiger partial charge < -0.3 is 5.32 Å². The molecule has 2 fully saturated rings. The van der Waals surface area contributed by atoms with Gasteiger partial charge in [0.1, 0.15) is 6.07 Å². The van der Waals surface area contributed by atoms with Crippen molar-refractivity contribution in [3.63, 3.8) is 0 Å². The highest BCUT2D eigenvalue weighted by Gasteiger charge is 2.59. The first-order valence-corrected chi connectivity index (χ1v) is 8.12. The molecule has 1 aromatic carbocycles. The third-order valence-electron chi connectivity index (χ3n) is 5.67. The molecule has 2 aliphatic carbocycles. The van der Waals surface area contributed by atoms with Crippen LogP contribution >= 0.6 is 15.9 Å². The molecule has 0 radical (unpaired) electrons. The van der Waals surface area contributed by atoms with Gasteiger partial charge in [-0.3, -0.25) is 0 Å². The fourth-order valence-corrected chi connectivity index (χ4v) is 4.99. The number of rotatable bonds is 2. The van der Waals surface area contributed by atoms with Crippen molar-refractivity contribution in [2.75, 3.05) is 5.32 Å². The van der Waals surface area contributed by atoms with Crippen LogP contribution in [0, 0.1) is 28.1 Å². The summed E-state index contributed by atoms with van der Waals surface area (Å²) in [4.78, 5) is 0. The maximum atomic E-state index is 9.00. The Hall–Kier alpha value is -1.01. The molecule has 0 saturated heterocycles. The fourth-order valence-electron chi connectivity index (χ4n) is 4.52. The van der Waals surface area contributed by atoms with Gasteiger partial charge in [0.15, 0.2) is 0 Å². The quantitative estimate of drug-likeness (QED) is 0.831. The summed E-state index contributed by atoms with van der Waals surface area (Å²) in [6.07, 6.45) is 4.05. The summed E-state index contributed by atoms with van der Waals surface area (Å²) in [7, 11) is 0. The van der Waals surface area contributed by atoms with E-state index in [9.17, 15) is 0 Å². The lowest BCUT2D eigenvalue weighted by Crippen LogP contribution is -2.45. The second-order valence-electron chi connectivity index (χ2n) is 7.30. The van der Waals surface area contributed by atoms with Crippen molar-refractivity contribution in [1.82, 2.24) is 0 Å². The van der Waals surface area contributed by atoms with Gasteiger partial charge in [0.2, 0.25) is 0 Å². The first-order chi connectivity index (χ1) is 9.37. The smallest absolute Gasteiger partial charge is 0.100 e. The van der Waals surface area contributed by atoms with E-state index in [-0.39, 0.29) is 0 Å². The number of benzene rings is 1. The zero-order valence-corrected chi connectivity index (χ0v) is 13.9. The van der Waals surface area contributed by atoms with Gasteiger partial charge in [-0.1, -0.05) is 20.8 Å². The number of hydrogen-bond donors (Lipinski definition) is 1. The van der Waals surface area contributed by atoms with E-state index < -0.39 is 0 Å². The summed E-state index contributed by atoms with van der Waals surface area (Å²) >= 11 is 3.48. The third-order valence-corrected chi connectivity index (χ3v) is 6.33. The van der Waals surface area contributed by atoms with E-state index in [2.05, 4.69) is 48.1 Å². The number of hydrogen-bond acceptors (Lipinski definition) is 2. The van der Waals surface area contributed by atoms with Crippen LogP contribution < -0.4 is 5.32 Å². The third kappa shape index (κ3) is 1.97. The lowest BCUT2D eigenvalue weighted by atomic mass is 9.68. The van der Waals surface area contributed by atoms with E-state index in [0.29, 0.717) is 22.4 Å². The molecule has 3 unspecified atom stereocenters. The molecule has 2 nitrogen and oxygen atoms in total. The predicted molar refractivity (Wildman–Crippen MR) is 85.5 cm³/mol. The second kappa shape index (κ2) is 4.49. The molecule has 0 aliphatic heterocycles. The van der Waals surface area contributed by atoms with Crippen molar-refractivity contribution in [2.24, 2.45) is 16.7 Å². The van der Waals surface area contributed by atoms with Crippen LogP contribution in [0.2, 0.25) is 0 Å². The van der Waals surface area contributed by atoms with Gasteiger partial charge in [-0.25, -0.2) is 0 Å². The molecule has 0 spiro atoms. The maximum Gasteiger partial charge on any atom is 0.100 e. The van der Waals surface area contributed by atoms with Crippen LogP contribution in [0.3, 0.4) is 0 Å². The van der Waals surface area contributed by atoms with Gasteiger partial charge in [0.25, 0.3) is 0 Å². The molecule has 3 atom stereocenters. The van der Waals surface area contributed by atoms with Crippen molar-refractivity contribution in [3.8, 4) is 6.07 Å². The number of fused-ring (bicyclic) bond motifs is 2. The van der Waals surface area contributed by atoms with Crippen LogP contribution in [0.4, 0.5) is 5.69 Å². The minimum atomic E-state index is 0.341. The number of nitrogens with one attached hydrogen (secondary N) is 1. The van der Waals surface area contributed by atoms with Crippen molar-refractivity contribution in [1.29, 1.82) is 5.26 Å². The van der Waals surface area contributed by atoms with E-state index in [0.717, 1.165) is 16.1 Å². The average molecular weight is 333 g/mol. The van der Waals surface area contributed by atoms with Crippen LogP contribution in [-0.2, 0) is 0 Å². The molecule has 106 valence electrons. The lowest BCUT2D eigenvalue weighted by Gasteiger charge is -2.43. The van der Waals surface area contributed by atoms with Gasteiger partial charge >= 0.3 is 0 Å². The van der Waals surface area contributed by atoms with Gasteiger partial charge in [0.05, 0.1) is 5.56 Å². The molecule has 1 N–H and O–H groups in total. The van der Waals surface area contributed by atoms with Crippen molar-refractivity contribution >= 4 is 21.6 Å². The van der Waals surface area contributed by atoms with Crippen LogP contribution in [0.25, 0.3) is 0 Å². The van der Waals surface area contributed by atoms with E-state index in [1.54, 1.807) is 0 Å².